The predicted octanol–water partition coefficient (Wildman–Crippen LogP) is 1.90. The molecular weight excluding hydrogens is 215 g/mol. The van der Waals surface area contributed by atoms with Gasteiger partial charge in [0, 0.05) is 23.6 Å². The van der Waals surface area contributed by atoms with Crippen LogP contribution in [0.2, 0.25) is 0 Å². The molecule has 0 aromatic heterocycles. The smallest absolute Gasteiger partial charge is 0.333 e. The van der Waals surface area contributed by atoms with Crippen LogP contribution in [0.1, 0.15) is 13.8 Å². The highest BCUT2D eigenvalue weighted by molar-refractivity contribution is 8.00. The molecule has 0 aromatic carbocycles. The van der Waals surface area contributed by atoms with Gasteiger partial charge in [0.05, 0.1) is 0 Å². The lowest BCUT2D eigenvalue weighted by Gasteiger charge is -2.37. The minimum atomic E-state index is -4.74. The Balaban J connectivity index is 2.66. The quantitative estimate of drug-likeness (QED) is 0.630. The van der Waals surface area contributed by atoms with Gasteiger partial charge in [0.2, 0.25) is 0 Å². The maximum atomic E-state index is 12.1. The number of amides is 1. The lowest BCUT2D eigenvalue weighted by molar-refractivity contribution is -0.185. The molecule has 0 aromatic rings. The van der Waals surface area contributed by atoms with Crippen LogP contribution in [0, 0.1) is 0 Å². The van der Waals surface area contributed by atoms with Gasteiger partial charge in [0.1, 0.15) is 0 Å². The summed E-state index contributed by atoms with van der Waals surface area (Å²) in [5.74, 6) is -1.15. The number of carbonyl (C=O) groups is 1. The van der Waals surface area contributed by atoms with Gasteiger partial charge in [-0.05, 0) is 13.8 Å². The number of hydrogen-bond acceptors (Lipinski definition) is 2. The van der Waals surface area contributed by atoms with Gasteiger partial charge in [-0.1, -0.05) is 0 Å². The highest BCUT2D eigenvalue weighted by Crippen LogP contribution is 2.31. The van der Waals surface area contributed by atoms with Crippen molar-refractivity contribution >= 4 is 17.7 Å². The first kappa shape index (κ1) is 11.7. The molecule has 1 aliphatic rings. The van der Waals surface area contributed by atoms with Crippen LogP contribution in [0.3, 0.4) is 0 Å². The molecule has 0 unspecified atom stereocenters. The van der Waals surface area contributed by atoms with Gasteiger partial charge >= 0.3 is 12.1 Å². The number of hydrogen-bond donors (Lipinski definition) is 0. The van der Waals surface area contributed by atoms with Crippen LogP contribution in [0.15, 0.2) is 0 Å². The normalized spacial score (nSPS) is 22.2. The van der Waals surface area contributed by atoms with Gasteiger partial charge in [-0.15, -0.1) is 0 Å². The third-order valence-electron chi connectivity index (χ3n) is 1.96. The molecule has 0 saturated carbocycles. The summed E-state index contributed by atoms with van der Waals surface area (Å²) in [7, 11) is 0. The SMILES string of the molecule is CC1(C)CN(C(=O)C(F)(F)F)CCS1. The Morgan fingerprint density at radius 1 is 1.43 bits per heavy atom. The molecule has 2 nitrogen and oxygen atoms in total. The van der Waals surface area contributed by atoms with Crippen LogP contribution in [-0.4, -0.2) is 40.6 Å². The Kier molecular flexibility index (Phi) is 3.04. The van der Waals surface area contributed by atoms with Crippen molar-refractivity contribution in [3.05, 3.63) is 0 Å². The molecular formula is C8H12F3NOS. The number of rotatable bonds is 0. The average molecular weight is 227 g/mol. The van der Waals surface area contributed by atoms with Crippen LogP contribution in [0.4, 0.5) is 13.2 Å². The second-order valence-electron chi connectivity index (χ2n) is 3.83. The Morgan fingerprint density at radius 2 is 2.00 bits per heavy atom. The van der Waals surface area contributed by atoms with E-state index in [0.717, 1.165) is 4.90 Å². The molecule has 0 aliphatic carbocycles. The number of nitrogens with zero attached hydrogens (tertiary/aromatic N) is 1. The van der Waals surface area contributed by atoms with E-state index in [1.165, 1.54) is 0 Å². The summed E-state index contributed by atoms with van der Waals surface area (Å²) in [4.78, 5) is 11.8. The fraction of sp³-hybridized carbons (Fsp3) is 0.875. The third kappa shape index (κ3) is 2.80. The Morgan fingerprint density at radius 3 is 2.43 bits per heavy atom. The van der Waals surface area contributed by atoms with Gasteiger partial charge in [-0.3, -0.25) is 4.79 Å². The number of carbonyl (C=O) groups excluding carboxylic acids is 1. The maximum Gasteiger partial charge on any atom is 0.471 e. The van der Waals surface area contributed by atoms with Crippen molar-refractivity contribution in [3.8, 4) is 0 Å². The molecule has 1 aliphatic heterocycles. The monoisotopic (exact) mass is 227 g/mol. The summed E-state index contributed by atoms with van der Waals surface area (Å²) in [5.41, 5.74) is 0. The van der Waals surface area contributed by atoms with E-state index >= 15 is 0 Å². The molecule has 82 valence electrons. The van der Waals surface area contributed by atoms with Crippen molar-refractivity contribution in [3.63, 3.8) is 0 Å². The number of halogens is 3. The lowest BCUT2D eigenvalue weighted by Crippen LogP contribution is -2.50. The first-order valence-electron chi connectivity index (χ1n) is 4.22. The van der Waals surface area contributed by atoms with Crippen molar-refractivity contribution in [1.29, 1.82) is 0 Å². The zero-order valence-electron chi connectivity index (χ0n) is 8.02. The molecule has 0 N–H and O–H groups in total. The van der Waals surface area contributed by atoms with Crippen LogP contribution >= 0.6 is 11.8 Å². The molecule has 0 atom stereocenters. The predicted molar refractivity (Wildman–Crippen MR) is 49.2 cm³/mol. The Hall–Kier alpha value is -0.390. The molecule has 1 rings (SSSR count). The van der Waals surface area contributed by atoms with Crippen LogP contribution in [-0.2, 0) is 4.79 Å². The summed E-state index contributed by atoms with van der Waals surface area (Å²) >= 11 is 1.59. The fourth-order valence-electron chi connectivity index (χ4n) is 1.37. The van der Waals surface area contributed by atoms with Gasteiger partial charge in [0.25, 0.3) is 0 Å². The summed E-state index contributed by atoms with van der Waals surface area (Å²) in [6, 6.07) is 0. The Labute approximate surface area is 84.8 Å². The molecule has 1 saturated heterocycles. The molecule has 0 radical (unpaired) electrons. The summed E-state index contributed by atoms with van der Waals surface area (Å²) < 4.78 is 36.0. The van der Waals surface area contributed by atoms with Crippen LogP contribution in [0.25, 0.3) is 0 Å². The maximum absolute atomic E-state index is 12.1. The zero-order valence-corrected chi connectivity index (χ0v) is 8.84. The summed E-state index contributed by atoms with van der Waals surface area (Å²) in [6.07, 6.45) is -4.74. The number of alkyl halides is 3. The fourth-order valence-corrected chi connectivity index (χ4v) is 2.48. The van der Waals surface area contributed by atoms with E-state index in [9.17, 15) is 18.0 Å². The van der Waals surface area contributed by atoms with Gasteiger partial charge in [-0.25, -0.2) is 0 Å². The van der Waals surface area contributed by atoms with E-state index in [-0.39, 0.29) is 17.8 Å². The molecule has 1 fully saturated rings. The van der Waals surface area contributed by atoms with Crippen LogP contribution < -0.4 is 0 Å². The zero-order chi connectivity index (χ0) is 11.0. The van der Waals surface area contributed by atoms with Gasteiger partial charge < -0.3 is 4.90 Å². The van der Waals surface area contributed by atoms with Crippen molar-refractivity contribution in [2.24, 2.45) is 0 Å². The van der Waals surface area contributed by atoms with E-state index in [0.29, 0.717) is 5.75 Å². The largest absolute Gasteiger partial charge is 0.471 e. The van der Waals surface area contributed by atoms with E-state index < -0.39 is 12.1 Å². The first-order valence-corrected chi connectivity index (χ1v) is 5.21. The van der Waals surface area contributed by atoms with E-state index in [1.54, 1.807) is 11.8 Å². The minimum absolute atomic E-state index is 0.163. The van der Waals surface area contributed by atoms with Crippen molar-refractivity contribution < 1.29 is 18.0 Å². The van der Waals surface area contributed by atoms with E-state index in [4.69, 9.17) is 0 Å². The van der Waals surface area contributed by atoms with E-state index in [1.807, 2.05) is 13.8 Å². The highest BCUT2D eigenvalue weighted by Gasteiger charge is 2.44. The van der Waals surface area contributed by atoms with Crippen molar-refractivity contribution in [1.82, 2.24) is 4.90 Å². The second-order valence-corrected chi connectivity index (χ2v) is 5.63. The third-order valence-corrected chi connectivity index (χ3v) is 3.25. The van der Waals surface area contributed by atoms with Gasteiger partial charge in [-0.2, -0.15) is 24.9 Å². The van der Waals surface area contributed by atoms with E-state index in [2.05, 4.69) is 0 Å². The van der Waals surface area contributed by atoms with Crippen LogP contribution in [0.5, 0.6) is 0 Å². The standard InChI is InChI=1S/C8H12F3NOS/c1-7(2)5-12(3-4-14-7)6(13)8(9,10)11/h3-5H2,1-2H3. The molecule has 1 heterocycles. The number of thioether (sulfide) groups is 1. The lowest BCUT2D eigenvalue weighted by atomic mass is 10.2. The second kappa shape index (κ2) is 3.64. The topological polar surface area (TPSA) is 20.3 Å². The van der Waals surface area contributed by atoms with Crippen molar-refractivity contribution in [2.45, 2.75) is 24.8 Å². The Bertz CT molecular complexity index is 239. The minimum Gasteiger partial charge on any atom is -0.333 e. The van der Waals surface area contributed by atoms with Gasteiger partial charge in [0.15, 0.2) is 0 Å². The molecule has 0 spiro atoms. The summed E-state index contributed by atoms with van der Waals surface area (Å²) in [6.45, 7) is 4.03. The highest BCUT2D eigenvalue weighted by atomic mass is 32.2. The van der Waals surface area contributed by atoms with Crippen molar-refractivity contribution in [2.75, 3.05) is 18.8 Å². The molecule has 14 heavy (non-hydrogen) atoms. The summed E-state index contributed by atoms with van der Waals surface area (Å²) in [5, 5.41) is 0. The molecule has 1 amide bonds. The average Bonchev–Trinajstić information content (AvgIpc) is 1.99. The molecule has 6 heteroatoms. The first-order chi connectivity index (χ1) is 6.22. The molecule has 0 bridgehead atoms.